The van der Waals surface area contributed by atoms with E-state index in [1.165, 1.54) is 19.3 Å². The highest BCUT2D eigenvalue weighted by atomic mass is 28.4. The van der Waals surface area contributed by atoms with Crippen LogP contribution in [0.3, 0.4) is 0 Å². The average molecular weight is 363 g/mol. The van der Waals surface area contributed by atoms with Crippen LogP contribution < -0.4 is 0 Å². The monoisotopic (exact) mass is 362 g/mol. The first-order valence-electron chi connectivity index (χ1n) is 10.4. The predicted molar refractivity (Wildman–Crippen MR) is 107 cm³/mol. The number of ketones is 1. The Morgan fingerprint density at radius 1 is 1.28 bits per heavy atom. The van der Waals surface area contributed by atoms with Crippen molar-refractivity contribution in [2.45, 2.75) is 91.0 Å². The van der Waals surface area contributed by atoms with Gasteiger partial charge in [-0.25, -0.2) is 0 Å². The zero-order valence-electron chi connectivity index (χ0n) is 17.2. The van der Waals surface area contributed by atoms with Crippen molar-refractivity contribution in [3.8, 4) is 0 Å². The molecule has 6 atom stereocenters. The second kappa shape index (κ2) is 6.63. The summed E-state index contributed by atoms with van der Waals surface area (Å²) in [5.41, 5.74) is 0.215. The molecule has 0 amide bonds. The molecular weight excluding hydrogens is 324 g/mol. The van der Waals surface area contributed by atoms with Gasteiger partial charge in [-0.05, 0) is 88.3 Å². The number of hydrogen-bond donors (Lipinski definition) is 0. The molecule has 2 fully saturated rings. The molecule has 0 radical (unpaired) electrons. The van der Waals surface area contributed by atoms with E-state index in [1.54, 1.807) is 0 Å². The third-order valence-corrected chi connectivity index (χ3v) is 8.30. The molecule has 0 spiro atoms. The summed E-state index contributed by atoms with van der Waals surface area (Å²) in [6, 6.07) is 0. The van der Waals surface area contributed by atoms with Crippen LogP contribution in [0, 0.1) is 29.1 Å². The molecule has 142 valence electrons. The second-order valence-corrected chi connectivity index (χ2v) is 15.1. The van der Waals surface area contributed by atoms with Gasteiger partial charge in [0, 0.05) is 12.3 Å². The summed E-state index contributed by atoms with van der Waals surface area (Å²) in [5, 5.41) is 0. The molecule has 2 saturated carbocycles. The van der Waals surface area contributed by atoms with Gasteiger partial charge in [0.15, 0.2) is 8.32 Å². The summed E-state index contributed by atoms with van der Waals surface area (Å²) < 4.78 is 6.45. The third kappa shape index (κ3) is 3.97. The van der Waals surface area contributed by atoms with Crippen LogP contribution in [-0.4, -0.2) is 19.7 Å². The van der Waals surface area contributed by atoms with Crippen molar-refractivity contribution in [3.63, 3.8) is 0 Å². The van der Waals surface area contributed by atoms with Gasteiger partial charge in [-0.3, -0.25) is 4.79 Å². The Morgan fingerprint density at radius 2 is 2.00 bits per heavy atom. The molecule has 0 N–H and O–H groups in total. The molecule has 1 unspecified atom stereocenters. The Balaban J connectivity index is 1.61. The van der Waals surface area contributed by atoms with E-state index in [1.807, 2.05) is 0 Å². The van der Waals surface area contributed by atoms with E-state index in [-0.39, 0.29) is 11.0 Å². The van der Waals surface area contributed by atoms with Crippen LogP contribution >= 0.6 is 0 Å². The molecule has 0 saturated heterocycles. The van der Waals surface area contributed by atoms with Gasteiger partial charge in [-0.2, -0.15) is 0 Å². The topological polar surface area (TPSA) is 26.3 Å². The van der Waals surface area contributed by atoms with Crippen molar-refractivity contribution < 1.29 is 9.22 Å². The zero-order valence-corrected chi connectivity index (χ0v) is 18.2. The molecule has 0 aliphatic heterocycles. The summed E-state index contributed by atoms with van der Waals surface area (Å²) in [6.45, 7) is 14.0. The van der Waals surface area contributed by atoms with Crippen LogP contribution in [0.2, 0.25) is 19.6 Å². The highest BCUT2D eigenvalue weighted by molar-refractivity contribution is 6.69. The summed E-state index contributed by atoms with van der Waals surface area (Å²) in [6.07, 6.45) is 12.7. The fourth-order valence-corrected chi connectivity index (χ4v) is 8.03. The molecule has 3 aliphatic carbocycles. The molecular formula is C22H38O2Si. The number of hydrogen-bond acceptors (Lipinski definition) is 2. The minimum absolute atomic E-state index is 0.0578. The lowest BCUT2D eigenvalue weighted by atomic mass is 9.61. The van der Waals surface area contributed by atoms with Gasteiger partial charge >= 0.3 is 0 Å². The van der Waals surface area contributed by atoms with E-state index in [9.17, 15) is 4.79 Å². The van der Waals surface area contributed by atoms with Crippen molar-refractivity contribution in [1.82, 2.24) is 0 Å². The second-order valence-electron chi connectivity index (χ2n) is 10.6. The first-order chi connectivity index (χ1) is 11.5. The number of carbonyl (C=O) groups is 1. The van der Waals surface area contributed by atoms with Gasteiger partial charge in [0.05, 0.1) is 5.60 Å². The number of allylic oxidation sites excluding steroid dienone is 1. The average Bonchev–Trinajstić information content (AvgIpc) is 2.98. The molecule has 3 aliphatic rings. The summed E-state index contributed by atoms with van der Waals surface area (Å²) in [4.78, 5) is 12.4. The lowest BCUT2D eigenvalue weighted by molar-refractivity contribution is -0.130. The fraction of sp³-hybridized carbons (Fsp3) is 0.864. The van der Waals surface area contributed by atoms with E-state index < -0.39 is 8.32 Å². The quantitative estimate of drug-likeness (QED) is 0.444. The van der Waals surface area contributed by atoms with Gasteiger partial charge in [0.25, 0.3) is 0 Å². The molecule has 3 heteroatoms. The van der Waals surface area contributed by atoms with Crippen molar-refractivity contribution >= 4 is 14.1 Å². The van der Waals surface area contributed by atoms with Crippen LogP contribution in [0.4, 0.5) is 0 Å². The first kappa shape index (κ1) is 19.4. The Hall–Kier alpha value is -0.413. The van der Waals surface area contributed by atoms with Crippen LogP contribution in [0.25, 0.3) is 0 Å². The number of Topliss-reactive ketones (excluding diaryl/α,β-unsaturated/α-hetero) is 1. The minimum Gasteiger partial charge on any atom is -0.409 e. The molecule has 0 aromatic heterocycles. The summed E-state index contributed by atoms with van der Waals surface area (Å²) in [7, 11) is -1.52. The predicted octanol–water partition coefficient (Wildman–Crippen LogP) is 5.98. The lowest BCUT2D eigenvalue weighted by Gasteiger charge is -2.42. The first-order valence-corrected chi connectivity index (χ1v) is 13.9. The SMILES string of the molecule is C[C@H](C[C@H]1C=C[C@](C)(O[Si](C)(C)C)C1)[C@H]1CCC2C(=O)CCC[C@]21C. The highest BCUT2D eigenvalue weighted by Crippen LogP contribution is 2.57. The maximum Gasteiger partial charge on any atom is 0.184 e. The van der Waals surface area contributed by atoms with Crippen LogP contribution in [0.5, 0.6) is 0 Å². The Morgan fingerprint density at radius 3 is 2.68 bits per heavy atom. The van der Waals surface area contributed by atoms with Crippen molar-refractivity contribution in [2.75, 3.05) is 0 Å². The smallest absolute Gasteiger partial charge is 0.184 e. The van der Waals surface area contributed by atoms with Crippen LogP contribution in [0.1, 0.15) is 65.7 Å². The number of carbonyl (C=O) groups excluding carboxylic acids is 1. The molecule has 2 nitrogen and oxygen atoms in total. The lowest BCUT2D eigenvalue weighted by Crippen LogP contribution is -2.40. The fourth-order valence-electron chi connectivity index (χ4n) is 6.48. The van der Waals surface area contributed by atoms with Crippen molar-refractivity contribution in [1.29, 1.82) is 0 Å². The number of fused-ring (bicyclic) bond motifs is 1. The van der Waals surface area contributed by atoms with E-state index in [0.29, 0.717) is 23.5 Å². The van der Waals surface area contributed by atoms with Crippen molar-refractivity contribution in [2.24, 2.45) is 29.1 Å². The van der Waals surface area contributed by atoms with Crippen molar-refractivity contribution in [3.05, 3.63) is 12.2 Å². The van der Waals surface area contributed by atoms with E-state index in [2.05, 4.69) is 52.6 Å². The number of rotatable bonds is 5. The molecule has 0 bridgehead atoms. The molecule has 0 heterocycles. The van der Waals surface area contributed by atoms with Crippen LogP contribution in [0.15, 0.2) is 12.2 Å². The summed E-state index contributed by atoms with van der Waals surface area (Å²) >= 11 is 0. The third-order valence-electron chi connectivity index (χ3n) is 7.23. The minimum atomic E-state index is -1.52. The largest absolute Gasteiger partial charge is 0.409 e. The molecule has 25 heavy (non-hydrogen) atoms. The van der Waals surface area contributed by atoms with E-state index in [4.69, 9.17) is 4.43 Å². The van der Waals surface area contributed by atoms with Gasteiger partial charge in [-0.15, -0.1) is 0 Å². The maximum atomic E-state index is 12.4. The molecule has 3 rings (SSSR count). The van der Waals surface area contributed by atoms with E-state index >= 15 is 0 Å². The standard InChI is InChI=1S/C22H38O2Si/c1-16(14-17-11-13-21(2,15-17)24-25(4,5)6)18-9-10-19-20(23)8-7-12-22(18,19)3/h11,13,16-19H,7-10,12,14-15H2,1-6H3/t16-,17-,18-,19?,21+,22+/m1/s1. The summed E-state index contributed by atoms with van der Waals surface area (Å²) in [5.74, 6) is 2.97. The highest BCUT2D eigenvalue weighted by Gasteiger charge is 2.52. The van der Waals surface area contributed by atoms with Gasteiger partial charge in [0.2, 0.25) is 0 Å². The molecule has 0 aromatic carbocycles. The normalized spacial score (nSPS) is 42.6. The maximum absolute atomic E-state index is 12.4. The zero-order chi connectivity index (χ0) is 18.5. The Bertz CT molecular complexity index is 549. The van der Waals surface area contributed by atoms with Gasteiger partial charge < -0.3 is 4.43 Å². The molecule has 0 aromatic rings. The van der Waals surface area contributed by atoms with Gasteiger partial charge in [-0.1, -0.05) is 26.0 Å². The Labute approximate surface area is 155 Å². The Kier molecular flexibility index (Phi) is 5.14. The van der Waals surface area contributed by atoms with E-state index in [0.717, 1.165) is 31.6 Å². The van der Waals surface area contributed by atoms with Crippen LogP contribution in [-0.2, 0) is 9.22 Å². The van der Waals surface area contributed by atoms with Gasteiger partial charge in [0.1, 0.15) is 5.78 Å².